The van der Waals surface area contributed by atoms with E-state index in [4.69, 9.17) is 0 Å². The summed E-state index contributed by atoms with van der Waals surface area (Å²) in [4.78, 5) is 1.48. The van der Waals surface area contributed by atoms with E-state index in [9.17, 15) is 0 Å². The van der Waals surface area contributed by atoms with Gasteiger partial charge in [-0.2, -0.15) is 0 Å². The van der Waals surface area contributed by atoms with Crippen LogP contribution in [-0.4, -0.2) is 6.04 Å². The lowest BCUT2D eigenvalue weighted by atomic mass is 10.4. The van der Waals surface area contributed by atoms with Gasteiger partial charge in [-0.15, -0.1) is 11.3 Å². The predicted molar refractivity (Wildman–Crippen MR) is 56.9 cm³/mol. The highest BCUT2D eigenvalue weighted by Crippen LogP contribution is 2.22. The lowest BCUT2D eigenvalue weighted by Crippen LogP contribution is -2.14. The van der Waals surface area contributed by atoms with Gasteiger partial charge in [0.15, 0.2) is 0 Å². The van der Waals surface area contributed by atoms with Crippen molar-refractivity contribution < 1.29 is 0 Å². The van der Waals surface area contributed by atoms with E-state index in [-0.39, 0.29) is 0 Å². The molecular formula is C8H10INS. The number of rotatable bonds is 3. The molecule has 0 radical (unpaired) electrons. The second kappa shape index (κ2) is 3.41. The molecule has 0 bridgehead atoms. The zero-order valence-corrected chi connectivity index (χ0v) is 9.11. The van der Waals surface area contributed by atoms with E-state index in [0.717, 1.165) is 12.6 Å². The van der Waals surface area contributed by atoms with Gasteiger partial charge in [0, 0.05) is 21.0 Å². The normalized spacial score (nSPS) is 17.2. The largest absolute Gasteiger partial charge is 0.309 e. The Morgan fingerprint density at radius 2 is 2.45 bits per heavy atom. The van der Waals surface area contributed by atoms with Gasteiger partial charge in [-0.25, -0.2) is 0 Å². The van der Waals surface area contributed by atoms with Gasteiger partial charge in [0.2, 0.25) is 0 Å². The first-order chi connectivity index (χ1) is 5.36. The van der Waals surface area contributed by atoms with Crippen LogP contribution in [0.3, 0.4) is 0 Å². The minimum atomic E-state index is 0.827. The SMILES string of the molecule is Ic1ccsc1CNC1CC1. The monoisotopic (exact) mass is 279 g/mol. The molecule has 2 rings (SSSR count). The van der Waals surface area contributed by atoms with E-state index in [0.29, 0.717) is 0 Å². The Balaban J connectivity index is 1.89. The molecule has 11 heavy (non-hydrogen) atoms. The van der Waals surface area contributed by atoms with Crippen LogP contribution in [0.25, 0.3) is 0 Å². The van der Waals surface area contributed by atoms with E-state index in [2.05, 4.69) is 39.4 Å². The maximum absolute atomic E-state index is 3.51. The van der Waals surface area contributed by atoms with E-state index in [1.165, 1.54) is 21.3 Å². The highest BCUT2D eigenvalue weighted by Gasteiger charge is 2.20. The summed E-state index contributed by atoms with van der Waals surface area (Å²) in [6.07, 6.45) is 2.75. The van der Waals surface area contributed by atoms with E-state index < -0.39 is 0 Å². The molecular weight excluding hydrogens is 269 g/mol. The minimum Gasteiger partial charge on any atom is -0.309 e. The molecule has 1 fully saturated rings. The van der Waals surface area contributed by atoms with Crippen molar-refractivity contribution >= 4 is 33.9 Å². The Morgan fingerprint density at radius 3 is 3.00 bits per heavy atom. The number of hydrogen-bond acceptors (Lipinski definition) is 2. The molecule has 0 saturated heterocycles. The van der Waals surface area contributed by atoms with Crippen molar-refractivity contribution in [1.82, 2.24) is 5.32 Å². The molecule has 1 saturated carbocycles. The molecule has 0 atom stereocenters. The fraction of sp³-hybridized carbons (Fsp3) is 0.500. The summed E-state index contributed by atoms with van der Waals surface area (Å²) in [6.45, 7) is 1.07. The van der Waals surface area contributed by atoms with Crippen LogP contribution in [0.15, 0.2) is 11.4 Å². The third kappa shape index (κ3) is 2.16. The summed E-state index contributed by atoms with van der Waals surface area (Å²) in [6, 6.07) is 3.00. The Labute approximate surface area is 84.3 Å². The van der Waals surface area contributed by atoms with Crippen molar-refractivity contribution in [2.45, 2.75) is 25.4 Å². The van der Waals surface area contributed by atoms with Crippen molar-refractivity contribution in [2.24, 2.45) is 0 Å². The lowest BCUT2D eigenvalue weighted by molar-refractivity contribution is 0.693. The van der Waals surface area contributed by atoms with Crippen LogP contribution in [0.4, 0.5) is 0 Å². The Hall–Kier alpha value is 0.390. The standard InChI is InChI=1S/C8H10INS/c9-7-3-4-11-8(7)5-10-6-1-2-6/h3-4,6,10H,1-2,5H2. The van der Waals surface area contributed by atoms with Gasteiger partial charge >= 0.3 is 0 Å². The molecule has 1 heterocycles. The van der Waals surface area contributed by atoms with Crippen molar-refractivity contribution in [1.29, 1.82) is 0 Å². The first-order valence-electron chi connectivity index (χ1n) is 3.81. The Morgan fingerprint density at radius 1 is 1.64 bits per heavy atom. The molecule has 3 heteroatoms. The zero-order chi connectivity index (χ0) is 7.68. The second-order valence-corrected chi connectivity index (χ2v) is 5.01. The Bertz CT molecular complexity index is 242. The van der Waals surface area contributed by atoms with Crippen molar-refractivity contribution in [3.05, 3.63) is 19.9 Å². The van der Waals surface area contributed by atoms with Gasteiger partial charge in [0.25, 0.3) is 0 Å². The third-order valence-corrected chi connectivity index (χ3v) is 4.12. The average Bonchev–Trinajstić information content (AvgIpc) is 2.73. The summed E-state index contributed by atoms with van der Waals surface area (Å²) < 4.78 is 1.40. The minimum absolute atomic E-state index is 0.827. The van der Waals surface area contributed by atoms with Crippen LogP contribution in [0.5, 0.6) is 0 Å². The van der Waals surface area contributed by atoms with E-state index in [1.54, 1.807) is 0 Å². The molecule has 1 nitrogen and oxygen atoms in total. The zero-order valence-electron chi connectivity index (χ0n) is 6.14. The maximum Gasteiger partial charge on any atom is 0.0317 e. The maximum atomic E-state index is 3.51. The molecule has 1 aliphatic carbocycles. The number of hydrogen-bond donors (Lipinski definition) is 1. The molecule has 0 aromatic carbocycles. The topological polar surface area (TPSA) is 12.0 Å². The van der Waals surface area contributed by atoms with Crippen LogP contribution in [0.2, 0.25) is 0 Å². The Kier molecular flexibility index (Phi) is 2.48. The average molecular weight is 279 g/mol. The van der Waals surface area contributed by atoms with Gasteiger partial charge in [-0.1, -0.05) is 0 Å². The number of thiophene rings is 1. The summed E-state index contributed by atoms with van der Waals surface area (Å²) in [5.41, 5.74) is 0. The van der Waals surface area contributed by atoms with Crippen LogP contribution in [0.1, 0.15) is 17.7 Å². The molecule has 0 amide bonds. The number of nitrogens with one attached hydrogen (secondary N) is 1. The van der Waals surface area contributed by atoms with Gasteiger partial charge in [0.1, 0.15) is 0 Å². The van der Waals surface area contributed by atoms with Crippen LogP contribution in [0, 0.1) is 3.57 Å². The molecule has 1 aromatic heterocycles. The van der Waals surface area contributed by atoms with E-state index in [1.807, 2.05) is 11.3 Å². The molecule has 1 aliphatic rings. The fourth-order valence-corrected chi connectivity index (χ4v) is 2.69. The van der Waals surface area contributed by atoms with Crippen molar-refractivity contribution in [3.63, 3.8) is 0 Å². The van der Waals surface area contributed by atoms with Gasteiger partial charge < -0.3 is 5.32 Å². The van der Waals surface area contributed by atoms with E-state index >= 15 is 0 Å². The summed E-state index contributed by atoms with van der Waals surface area (Å²) in [5.74, 6) is 0. The molecule has 0 aliphatic heterocycles. The van der Waals surface area contributed by atoms with Gasteiger partial charge in [0.05, 0.1) is 0 Å². The first kappa shape index (κ1) is 8.01. The highest BCUT2D eigenvalue weighted by molar-refractivity contribution is 14.1. The number of halogens is 1. The van der Waals surface area contributed by atoms with Crippen molar-refractivity contribution in [3.8, 4) is 0 Å². The molecule has 1 N–H and O–H groups in total. The summed E-state index contributed by atoms with van der Waals surface area (Å²) in [5, 5.41) is 5.66. The third-order valence-electron chi connectivity index (χ3n) is 1.82. The van der Waals surface area contributed by atoms with Crippen LogP contribution in [-0.2, 0) is 6.54 Å². The van der Waals surface area contributed by atoms with Gasteiger partial charge in [-0.3, -0.25) is 0 Å². The van der Waals surface area contributed by atoms with Gasteiger partial charge in [-0.05, 0) is 46.9 Å². The molecule has 0 unspecified atom stereocenters. The molecule has 0 spiro atoms. The molecule has 60 valence electrons. The van der Waals surface area contributed by atoms with Crippen LogP contribution >= 0.6 is 33.9 Å². The quantitative estimate of drug-likeness (QED) is 0.839. The lowest BCUT2D eigenvalue weighted by Gasteiger charge is -1.99. The smallest absolute Gasteiger partial charge is 0.0317 e. The second-order valence-electron chi connectivity index (χ2n) is 2.85. The highest BCUT2D eigenvalue weighted by atomic mass is 127. The summed E-state index contributed by atoms with van der Waals surface area (Å²) in [7, 11) is 0. The molecule has 1 aromatic rings. The predicted octanol–water partition coefficient (Wildman–Crippen LogP) is 2.60. The van der Waals surface area contributed by atoms with Crippen LogP contribution < -0.4 is 5.32 Å². The summed E-state index contributed by atoms with van der Waals surface area (Å²) >= 11 is 4.24. The first-order valence-corrected chi connectivity index (χ1v) is 5.77. The fourth-order valence-electron chi connectivity index (χ4n) is 0.976. The van der Waals surface area contributed by atoms with Crippen molar-refractivity contribution in [2.75, 3.05) is 0 Å².